The van der Waals surface area contributed by atoms with Crippen molar-refractivity contribution in [2.75, 3.05) is 6.54 Å². The van der Waals surface area contributed by atoms with Crippen LogP contribution in [0, 0.1) is 6.92 Å². The Labute approximate surface area is 195 Å². The maximum atomic E-state index is 12.9. The van der Waals surface area contributed by atoms with E-state index >= 15 is 0 Å². The third-order valence-corrected chi connectivity index (χ3v) is 7.34. The third kappa shape index (κ3) is 4.70. The van der Waals surface area contributed by atoms with Gasteiger partial charge in [-0.25, -0.2) is 13.1 Å². The van der Waals surface area contributed by atoms with Crippen LogP contribution in [-0.4, -0.2) is 20.1 Å². The van der Waals surface area contributed by atoms with Crippen molar-refractivity contribution in [3.63, 3.8) is 0 Å². The summed E-state index contributed by atoms with van der Waals surface area (Å²) in [6, 6.07) is 26.2. The van der Waals surface area contributed by atoms with Crippen molar-refractivity contribution in [3.8, 4) is 16.9 Å². The summed E-state index contributed by atoms with van der Waals surface area (Å²) in [6.45, 7) is 7.95. The Balaban J connectivity index is 1.76. The fourth-order valence-electron chi connectivity index (χ4n) is 4.12. The molecule has 4 aromatic carbocycles. The van der Waals surface area contributed by atoms with E-state index in [9.17, 15) is 13.5 Å². The predicted octanol–water partition coefficient (Wildman–Crippen LogP) is 6.16. The summed E-state index contributed by atoms with van der Waals surface area (Å²) < 4.78 is 28.5. The van der Waals surface area contributed by atoms with Crippen LogP contribution in [0.4, 0.5) is 0 Å². The number of phenolic OH excluding ortho intramolecular Hbond substituents is 1. The predicted molar refractivity (Wildman–Crippen MR) is 135 cm³/mol. The van der Waals surface area contributed by atoms with Gasteiger partial charge in [0.15, 0.2) is 0 Å². The highest BCUT2D eigenvalue weighted by Gasteiger charge is 2.24. The van der Waals surface area contributed by atoms with Gasteiger partial charge in [-0.15, -0.1) is 0 Å². The van der Waals surface area contributed by atoms with E-state index in [2.05, 4.69) is 11.3 Å². The van der Waals surface area contributed by atoms with Gasteiger partial charge in [-0.2, -0.15) is 0 Å². The lowest BCUT2D eigenvalue weighted by atomic mass is 9.85. The zero-order valence-electron chi connectivity index (χ0n) is 18.7. The average Bonchev–Trinajstić information content (AvgIpc) is 2.80. The first-order chi connectivity index (χ1) is 15.8. The van der Waals surface area contributed by atoms with Crippen molar-refractivity contribution < 1.29 is 13.5 Å². The molecular weight excluding hydrogens is 430 g/mol. The first-order valence-electron chi connectivity index (χ1n) is 10.8. The molecule has 4 nitrogen and oxygen atoms in total. The van der Waals surface area contributed by atoms with Crippen LogP contribution >= 0.6 is 0 Å². The number of nitrogens with one attached hydrogen (secondary N) is 1. The first-order valence-corrected chi connectivity index (χ1v) is 12.3. The van der Waals surface area contributed by atoms with Crippen LogP contribution in [0.3, 0.4) is 0 Å². The molecule has 4 rings (SSSR count). The first kappa shape index (κ1) is 22.8. The molecule has 33 heavy (non-hydrogen) atoms. The van der Waals surface area contributed by atoms with Crippen molar-refractivity contribution in [2.24, 2.45) is 0 Å². The maximum Gasteiger partial charge on any atom is 0.240 e. The summed E-state index contributed by atoms with van der Waals surface area (Å²) in [6.07, 6.45) is 0. The van der Waals surface area contributed by atoms with Crippen LogP contribution in [0.1, 0.15) is 24.0 Å². The van der Waals surface area contributed by atoms with Crippen molar-refractivity contribution >= 4 is 20.8 Å². The summed E-state index contributed by atoms with van der Waals surface area (Å²) >= 11 is 0. The molecule has 0 aliphatic heterocycles. The second kappa shape index (κ2) is 9.22. The molecule has 0 saturated carbocycles. The lowest BCUT2D eigenvalue weighted by Gasteiger charge is -2.23. The monoisotopic (exact) mass is 457 g/mol. The highest BCUT2D eigenvalue weighted by molar-refractivity contribution is 7.89. The number of hydrogen-bond acceptors (Lipinski definition) is 3. The summed E-state index contributed by atoms with van der Waals surface area (Å²) in [4.78, 5) is 0.210. The van der Waals surface area contributed by atoms with Crippen LogP contribution < -0.4 is 4.72 Å². The molecule has 5 heteroatoms. The number of fused-ring (bicyclic) bond motifs is 1. The third-order valence-electron chi connectivity index (χ3n) is 5.90. The molecule has 0 aliphatic rings. The quantitative estimate of drug-likeness (QED) is 0.327. The fourth-order valence-corrected chi connectivity index (χ4v) is 5.17. The van der Waals surface area contributed by atoms with E-state index in [4.69, 9.17) is 0 Å². The number of rotatable bonds is 7. The van der Waals surface area contributed by atoms with E-state index in [0.717, 1.165) is 33.0 Å². The van der Waals surface area contributed by atoms with Crippen LogP contribution in [0.15, 0.2) is 102 Å². The SMILES string of the molecule is C=C(C)[C@@H](CNS(=O)(=O)c1ccc(C)cc1)c1c(O)cc(-c2ccccc2)c2ccccc12. The Kier molecular flexibility index (Phi) is 6.36. The molecule has 1 atom stereocenters. The van der Waals surface area contributed by atoms with Gasteiger partial charge in [0.05, 0.1) is 4.90 Å². The van der Waals surface area contributed by atoms with Crippen molar-refractivity contribution in [3.05, 3.63) is 108 Å². The van der Waals surface area contributed by atoms with Gasteiger partial charge in [-0.05, 0) is 53.9 Å². The molecule has 0 unspecified atom stereocenters. The Bertz CT molecular complexity index is 1410. The fraction of sp³-hybridized carbons (Fsp3) is 0.143. The summed E-state index contributed by atoms with van der Waals surface area (Å²) in [7, 11) is -3.70. The molecule has 0 fully saturated rings. The standard InChI is InChI=1S/C28H27NO3S/c1-19(2)26(18-29-33(31,32)22-15-13-20(3)14-16-22)28-24-12-8-7-11-23(24)25(17-27(28)30)21-9-5-4-6-10-21/h4-17,26,29-30H,1,18H2,2-3H3/t26-/m1/s1. The number of aromatic hydroxyl groups is 1. The average molecular weight is 458 g/mol. The smallest absolute Gasteiger partial charge is 0.240 e. The molecular formula is C28H27NO3S. The second-order valence-corrected chi connectivity index (χ2v) is 10.1. The van der Waals surface area contributed by atoms with Crippen LogP contribution in [-0.2, 0) is 10.0 Å². The minimum atomic E-state index is -3.70. The van der Waals surface area contributed by atoms with E-state index in [1.165, 1.54) is 0 Å². The van der Waals surface area contributed by atoms with Gasteiger partial charge in [0.1, 0.15) is 5.75 Å². The minimum absolute atomic E-state index is 0.0911. The Morgan fingerprint density at radius 2 is 1.55 bits per heavy atom. The largest absolute Gasteiger partial charge is 0.508 e. The molecule has 0 radical (unpaired) electrons. The van der Waals surface area contributed by atoms with Crippen molar-refractivity contribution in [1.29, 1.82) is 0 Å². The number of hydrogen-bond donors (Lipinski definition) is 2. The maximum absolute atomic E-state index is 12.9. The molecule has 0 spiro atoms. The van der Waals surface area contributed by atoms with Gasteiger partial charge in [0.25, 0.3) is 0 Å². The zero-order valence-corrected chi connectivity index (χ0v) is 19.6. The van der Waals surface area contributed by atoms with Crippen LogP contribution in [0.5, 0.6) is 5.75 Å². The van der Waals surface area contributed by atoms with E-state index in [1.807, 2.05) is 68.4 Å². The summed E-state index contributed by atoms with van der Waals surface area (Å²) in [5.41, 5.74) is 4.35. The number of phenols is 1. The van der Waals surface area contributed by atoms with Gasteiger partial charge < -0.3 is 5.11 Å². The Morgan fingerprint density at radius 1 is 0.939 bits per heavy atom. The minimum Gasteiger partial charge on any atom is -0.508 e. The highest BCUT2D eigenvalue weighted by Crippen LogP contribution is 2.41. The molecule has 0 aliphatic carbocycles. The van der Waals surface area contributed by atoms with Crippen molar-refractivity contribution in [1.82, 2.24) is 4.72 Å². The summed E-state index contributed by atoms with van der Waals surface area (Å²) in [5, 5.41) is 13.0. The molecule has 0 saturated heterocycles. The Morgan fingerprint density at radius 3 is 2.18 bits per heavy atom. The molecule has 168 valence electrons. The van der Waals surface area contributed by atoms with E-state index < -0.39 is 15.9 Å². The Hall–Kier alpha value is -3.41. The van der Waals surface area contributed by atoms with E-state index in [-0.39, 0.29) is 17.2 Å². The molecule has 0 heterocycles. The molecule has 0 aromatic heterocycles. The van der Waals surface area contributed by atoms with E-state index in [1.54, 1.807) is 30.3 Å². The van der Waals surface area contributed by atoms with Gasteiger partial charge in [0.2, 0.25) is 10.0 Å². The van der Waals surface area contributed by atoms with Crippen LogP contribution in [0.25, 0.3) is 21.9 Å². The molecule has 0 amide bonds. The highest BCUT2D eigenvalue weighted by atomic mass is 32.2. The lowest BCUT2D eigenvalue weighted by Crippen LogP contribution is -2.29. The lowest BCUT2D eigenvalue weighted by molar-refractivity contribution is 0.465. The number of sulfonamides is 1. The number of aryl methyl sites for hydroxylation is 1. The van der Waals surface area contributed by atoms with Gasteiger partial charge in [0, 0.05) is 18.0 Å². The van der Waals surface area contributed by atoms with E-state index in [0.29, 0.717) is 5.56 Å². The van der Waals surface area contributed by atoms with Gasteiger partial charge in [-0.1, -0.05) is 84.4 Å². The zero-order chi connectivity index (χ0) is 23.6. The van der Waals surface area contributed by atoms with Gasteiger partial charge >= 0.3 is 0 Å². The molecule has 2 N–H and O–H groups in total. The van der Waals surface area contributed by atoms with Crippen molar-refractivity contribution in [2.45, 2.75) is 24.7 Å². The van der Waals surface area contributed by atoms with Crippen LogP contribution in [0.2, 0.25) is 0 Å². The second-order valence-electron chi connectivity index (χ2n) is 8.33. The molecule has 0 bridgehead atoms. The summed E-state index contributed by atoms with van der Waals surface area (Å²) in [5.74, 6) is -0.282. The van der Waals surface area contributed by atoms with Gasteiger partial charge in [-0.3, -0.25) is 0 Å². The normalized spacial score (nSPS) is 12.5. The molecule has 4 aromatic rings. The number of benzene rings is 4. The topological polar surface area (TPSA) is 66.4 Å².